The zero-order chi connectivity index (χ0) is 33.7. The summed E-state index contributed by atoms with van der Waals surface area (Å²) < 4.78 is 72.8. The molecule has 45 heavy (non-hydrogen) atoms. The van der Waals surface area contributed by atoms with E-state index in [4.69, 9.17) is 27.1 Å². The minimum Gasteiger partial charge on any atom is -0.305 e. The molecule has 0 aliphatic carbocycles. The fraction of sp³-hybridized carbons (Fsp3) is 0.455. The quantitative estimate of drug-likeness (QED) is 0.137. The van der Waals surface area contributed by atoms with E-state index in [0.717, 1.165) is 16.7 Å². The first kappa shape index (κ1) is 39.3. The molecule has 9 nitrogen and oxygen atoms in total. The third-order valence-corrected chi connectivity index (χ3v) is 12.9. The third-order valence-electron chi connectivity index (χ3n) is 6.45. The summed E-state index contributed by atoms with van der Waals surface area (Å²) in [4.78, 5) is 0. The van der Waals surface area contributed by atoms with Crippen molar-refractivity contribution in [3.05, 3.63) is 77.4 Å². The van der Waals surface area contributed by atoms with Crippen LogP contribution in [0, 0.1) is 20.8 Å². The van der Waals surface area contributed by atoms with Gasteiger partial charge in [0, 0.05) is 11.1 Å². The Morgan fingerprint density at radius 2 is 0.800 bits per heavy atom. The number of aryl methyl sites for hydroxylation is 3. The Labute approximate surface area is 269 Å². The van der Waals surface area contributed by atoms with E-state index < -0.39 is 22.8 Å². The van der Waals surface area contributed by atoms with E-state index in [-0.39, 0.29) is 26.4 Å². The molecule has 0 N–H and O–H groups in total. The molecule has 250 valence electrons. The number of hydrogen-bond acceptors (Lipinski definition) is 9. The summed E-state index contributed by atoms with van der Waals surface area (Å²) in [5, 5.41) is 1.52. The molecule has 0 fully saturated rings. The van der Waals surface area contributed by atoms with Gasteiger partial charge in [-0.1, -0.05) is 42.0 Å². The minimum atomic E-state index is -3.60. The van der Waals surface area contributed by atoms with E-state index in [1.165, 1.54) is 0 Å². The second kappa shape index (κ2) is 18.4. The third kappa shape index (κ3) is 10.0. The number of benzene rings is 3. The Morgan fingerprint density at radius 3 is 1.13 bits per heavy atom. The van der Waals surface area contributed by atoms with Crippen LogP contribution in [0.25, 0.3) is 11.1 Å². The largest absolute Gasteiger partial charge is 0.361 e. The van der Waals surface area contributed by atoms with Crippen molar-refractivity contribution in [2.75, 3.05) is 39.6 Å². The second-order valence-electron chi connectivity index (χ2n) is 9.78. The molecular weight excluding hydrogens is 633 g/mol. The average molecular weight is 683 g/mol. The first-order chi connectivity index (χ1) is 21.4. The summed E-state index contributed by atoms with van der Waals surface area (Å²) in [6.45, 7) is 18.2. The second-order valence-corrected chi connectivity index (χ2v) is 15.8. The zero-order valence-electron chi connectivity index (χ0n) is 28.0. The Hall–Kier alpha value is -1.89. The Kier molecular flexibility index (Phi) is 16.1. The maximum Gasteiger partial charge on any atom is 0.361 e. The van der Waals surface area contributed by atoms with Gasteiger partial charge in [-0.3, -0.25) is 13.7 Å². The molecule has 0 amide bonds. The van der Waals surface area contributed by atoms with Crippen molar-refractivity contribution in [2.24, 2.45) is 0 Å². The van der Waals surface area contributed by atoms with Crippen LogP contribution >= 0.6 is 22.8 Å². The van der Waals surface area contributed by atoms with Gasteiger partial charge in [-0.2, -0.15) is 0 Å². The highest BCUT2D eigenvalue weighted by molar-refractivity contribution is 7.63. The number of hydrogen-bond donors (Lipinski definition) is 0. The summed E-state index contributed by atoms with van der Waals surface area (Å²) >= 11 is 0. The highest BCUT2D eigenvalue weighted by atomic mass is 31.2. The van der Waals surface area contributed by atoms with Crippen LogP contribution in [0.4, 0.5) is 0 Å². The van der Waals surface area contributed by atoms with Crippen LogP contribution in [0.2, 0.25) is 0 Å². The highest BCUT2D eigenvalue weighted by Gasteiger charge is 2.36. The van der Waals surface area contributed by atoms with Gasteiger partial charge in [0.25, 0.3) is 0 Å². The smallest absolute Gasteiger partial charge is 0.305 e. The van der Waals surface area contributed by atoms with Crippen LogP contribution in [-0.4, -0.2) is 39.6 Å². The van der Waals surface area contributed by atoms with Crippen LogP contribution < -0.4 is 15.9 Å². The Bertz CT molecular complexity index is 1420. The van der Waals surface area contributed by atoms with E-state index in [1.54, 1.807) is 45.9 Å². The molecule has 0 unspecified atom stereocenters. The average Bonchev–Trinajstić information content (AvgIpc) is 2.98. The van der Waals surface area contributed by atoms with Crippen molar-refractivity contribution in [3.63, 3.8) is 0 Å². The SMILES string of the molecule is CCOP(=O)(OCC)c1cccc(C)c1.CCOP(=O)(OCC)c1cccc(C)c1-c1c(C)cccc1P(=O)(OCC)OCC. The lowest BCUT2D eigenvalue weighted by Crippen LogP contribution is -2.20. The lowest BCUT2D eigenvalue weighted by atomic mass is 9.96. The van der Waals surface area contributed by atoms with Gasteiger partial charge in [0.15, 0.2) is 0 Å². The molecule has 3 rings (SSSR count). The fourth-order valence-electron chi connectivity index (χ4n) is 4.77. The van der Waals surface area contributed by atoms with E-state index in [9.17, 15) is 13.7 Å². The normalized spacial score (nSPS) is 12.1. The topological polar surface area (TPSA) is 107 Å². The molecule has 0 saturated heterocycles. The molecule has 12 heteroatoms. The lowest BCUT2D eigenvalue weighted by molar-refractivity contribution is 0.228. The van der Waals surface area contributed by atoms with Gasteiger partial charge in [-0.15, -0.1) is 0 Å². The van der Waals surface area contributed by atoms with E-state index in [0.29, 0.717) is 40.3 Å². The zero-order valence-corrected chi connectivity index (χ0v) is 30.7. The molecule has 0 aliphatic rings. The van der Waals surface area contributed by atoms with Crippen molar-refractivity contribution < 1.29 is 40.8 Å². The van der Waals surface area contributed by atoms with Gasteiger partial charge in [-0.25, -0.2) is 0 Å². The number of rotatable bonds is 16. The predicted octanol–water partition coefficient (Wildman–Crippen LogP) is 8.64. The van der Waals surface area contributed by atoms with Gasteiger partial charge >= 0.3 is 22.8 Å². The van der Waals surface area contributed by atoms with Crippen LogP contribution in [0.5, 0.6) is 0 Å². The first-order valence-corrected chi connectivity index (χ1v) is 20.0. The maximum absolute atomic E-state index is 13.7. The van der Waals surface area contributed by atoms with Gasteiger partial charge in [0.1, 0.15) is 0 Å². The fourth-order valence-corrected chi connectivity index (χ4v) is 10.2. The molecule has 0 spiro atoms. The van der Waals surface area contributed by atoms with Crippen molar-refractivity contribution >= 4 is 38.7 Å². The van der Waals surface area contributed by atoms with Crippen molar-refractivity contribution in [1.82, 2.24) is 0 Å². The minimum absolute atomic E-state index is 0.238. The molecule has 0 saturated carbocycles. The van der Waals surface area contributed by atoms with Gasteiger partial charge in [-0.05, 0) is 97.7 Å². The maximum atomic E-state index is 13.7. The van der Waals surface area contributed by atoms with Crippen molar-refractivity contribution in [3.8, 4) is 11.1 Å². The van der Waals surface area contributed by atoms with E-state index in [2.05, 4.69) is 0 Å². The highest BCUT2D eigenvalue weighted by Crippen LogP contribution is 2.53. The lowest BCUT2D eigenvalue weighted by Gasteiger charge is -2.26. The summed E-state index contributed by atoms with van der Waals surface area (Å²) in [5.74, 6) is 0. The molecule has 0 bridgehead atoms. The van der Waals surface area contributed by atoms with Crippen LogP contribution in [0.15, 0.2) is 60.7 Å². The van der Waals surface area contributed by atoms with Crippen LogP contribution in [0.3, 0.4) is 0 Å². The van der Waals surface area contributed by atoms with Crippen LogP contribution in [-0.2, 0) is 40.8 Å². The summed E-state index contributed by atoms with van der Waals surface area (Å²) in [7, 11) is -10.3. The molecule has 0 aliphatic heterocycles. The molecule has 0 heterocycles. The Morgan fingerprint density at radius 1 is 0.467 bits per heavy atom. The standard InChI is InChI=1S/C22H32O6P2.C11H17O3P/c1-7-25-29(23,26-8-2)19-15-11-13-17(5)21(19)22-18(6)14-12-16-20(22)30(24,27-9-3)28-10-4;1-4-13-15(12,14-5-2)11-8-6-7-10(3)9-11/h11-16H,7-10H2,1-6H3;6-9H,4-5H2,1-3H3. The van der Waals surface area contributed by atoms with Gasteiger partial charge in [0.05, 0.1) is 55.6 Å². The molecule has 3 aromatic rings. The molecule has 0 radical (unpaired) electrons. The molecule has 0 aromatic heterocycles. The molecular formula is C33H49O9P3. The van der Waals surface area contributed by atoms with Crippen LogP contribution in [0.1, 0.15) is 58.2 Å². The Balaban J connectivity index is 0.000000394. The summed E-state index contributed by atoms with van der Waals surface area (Å²) in [6.07, 6.45) is 0. The van der Waals surface area contributed by atoms with Crippen molar-refractivity contribution in [2.45, 2.75) is 62.3 Å². The monoisotopic (exact) mass is 682 g/mol. The predicted molar refractivity (Wildman–Crippen MR) is 184 cm³/mol. The molecule has 3 aromatic carbocycles. The molecule has 0 atom stereocenters. The first-order valence-electron chi connectivity index (χ1n) is 15.3. The van der Waals surface area contributed by atoms with Gasteiger partial charge in [0.2, 0.25) is 0 Å². The van der Waals surface area contributed by atoms with Gasteiger partial charge < -0.3 is 27.1 Å². The van der Waals surface area contributed by atoms with E-state index in [1.807, 2.05) is 77.1 Å². The van der Waals surface area contributed by atoms with Crippen molar-refractivity contribution in [1.29, 1.82) is 0 Å². The summed E-state index contributed by atoms with van der Waals surface area (Å²) in [5.41, 5.74) is 4.13. The van der Waals surface area contributed by atoms with E-state index >= 15 is 0 Å². The summed E-state index contributed by atoms with van der Waals surface area (Å²) in [6, 6.07) is 18.4.